The average molecular weight is 298 g/mol. The quantitative estimate of drug-likeness (QED) is 0.414. The largest absolute Gasteiger partial charge is 0.497 e. The van der Waals surface area contributed by atoms with Crippen molar-refractivity contribution in [3.63, 3.8) is 0 Å². The van der Waals surface area contributed by atoms with E-state index in [1.165, 1.54) is 38.2 Å². The van der Waals surface area contributed by atoms with Gasteiger partial charge in [0.05, 0.1) is 7.11 Å². The summed E-state index contributed by atoms with van der Waals surface area (Å²) < 4.78 is 5.28. The molecule has 1 heteroatoms. The molecule has 0 heterocycles. The van der Waals surface area contributed by atoms with Crippen molar-refractivity contribution in [2.45, 2.75) is 6.92 Å². The molecule has 1 nitrogen and oxygen atoms in total. The summed E-state index contributed by atoms with van der Waals surface area (Å²) in [5.74, 6) is 0.884. The summed E-state index contributed by atoms with van der Waals surface area (Å²) >= 11 is 0. The van der Waals surface area contributed by atoms with E-state index >= 15 is 0 Å². The Morgan fingerprint density at radius 2 is 1.43 bits per heavy atom. The van der Waals surface area contributed by atoms with Crippen molar-refractivity contribution >= 4 is 21.5 Å². The van der Waals surface area contributed by atoms with Crippen LogP contribution in [-0.2, 0) is 0 Å². The molecule has 0 spiro atoms. The fourth-order valence-electron chi connectivity index (χ4n) is 3.22. The Kier molecular flexibility index (Phi) is 3.27. The lowest BCUT2D eigenvalue weighted by atomic mass is 9.92. The van der Waals surface area contributed by atoms with Gasteiger partial charge in [-0.3, -0.25) is 0 Å². The minimum atomic E-state index is 0.884. The van der Waals surface area contributed by atoms with Gasteiger partial charge in [0.2, 0.25) is 0 Å². The van der Waals surface area contributed by atoms with E-state index in [1.54, 1.807) is 7.11 Å². The Balaban J connectivity index is 2.06. The molecule has 0 bridgehead atoms. The number of hydrogen-bond donors (Lipinski definition) is 0. The Morgan fingerprint density at radius 3 is 2.17 bits per heavy atom. The third-order valence-electron chi connectivity index (χ3n) is 4.42. The second-order valence-corrected chi connectivity index (χ2v) is 5.92. The van der Waals surface area contributed by atoms with Gasteiger partial charge in [-0.15, -0.1) is 0 Å². The lowest BCUT2D eigenvalue weighted by molar-refractivity contribution is 0.415. The van der Waals surface area contributed by atoms with Gasteiger partial charge in [-0.05, 0) is 57.8 Å². The van der Waals surface area contributed by atoms with Crippen LogP contribution in [0.4, 0.5) is 0 Å². The second kappa shape index (κ2) is 5.44. The van der Waals surface area contributed by atoms with Gasteiger partial charge in [0.15, 0.2) is 0 Å². The van der Waals surface area contributed by atoms with Crippen LogP contribution < -0.4 is 4.74 Å². The number of aryl methyl sites for hydroxylation is 1. The molecular formula is C22H18O. The predicted molar refractivity (Wildman–Crippen MR) is 98.2 cm³/mol. The van der Waals surface area contributed by atoms with Crippen LogP contribution in [-0.4, -0.2) is 7.11 Å². The van der Waals surface area contributed by atoms with E-state index in [9.17, 15) is 0 Å². The van der Waals surface area contributed by atoms with Crippen molar-refractivity contribution in [2.75, 3.05) is 7.11 Å². The number of ether oxygens (including phenoxy) is 1. The van der Waals surface area contributed by atoms with E-state index < -0.39 is 0 Å². The predicted octanol–water partition coefficient (Wildman–Crippen LogP) is 5.98. The molecule has 0 radical (unpaired) electrons. The molecule has 0 fully saturated rings. The monoisotopic (exact) mass is 298 g/mol. The van der Waals surface area contributed by atoms with Gasteiger partial charge in [0, 0.05) is 0 Å². The van der Waals surface area contributed by atoms with E-state index in [0.717, 1.165) is 5.75 Å². The summed E-state index contributed by atoms with van der Waals surface area (Å²) in [7, 11) is 1.70. The van der Waals surface area contributed by atoms with Gasteiger partial charge in [0.1, 0.15) is 5.75 Å². The van der Waals surface area contributed by atoms with E-state index in [0.29, 0.717) is 0 Å². The molecule has 4 rings (SSSR count). The third kappa shape index (κ3) is 2.35. The molecule has 112 valence electrons. The lowest BCUT2D eigenvalue weighted by Crippen LogP contribution is -1.86. The van der Waals surface area contributed by atoms with Crippen molar-refractivity contribution < 1.29 is 4.74 Å². The average Bonchev–Trinajstić information content (AvgIpc) is 2.61. The van der Waals surface area contributed by atoms with Gasteiger partial charge >= 0.3 is 0 Å². The molecule has 23 heavy (non-hydrogen) atoms. The summed E-state index contributed by atoms with van der Waals surface area (Å²) in [6, 6.07) is 25.9. The van der Waals surface area contributed by atoms with Crippen LogP contribution in [0.5, 0.6) is 5.75 Å². The summed E-state index contributed by atoms with van der Waals surface area (Å²) in [6.07, 6.45) is 0. The molecule has 4 aromatic carbocycles. The minimum Gasteiger partial charge on any atom is -0.497 e. The molecule has 0 N–H and O–H groups in total. The highest BCUT2D eigenvalue weighted by Crippen LogP contribution is 2.35. The molecule has 0 aliphatic carbocycles. The van der Waals surface area contributed by atoms with E-state index in [2.05, 4.69) is 67.6 Å². The molecule has 0 atom stereocenters. The molecule has 0 amide bonds. The highest BCUT2D eigenvalue weighted by Gasteiger charge is 2.08. The Morgan fingerprint density at radius 1 is 0.696 bits per heavy atom. The fraction of sp³-hybridized carbons (Fsp3) is 0.0909. The molecule has 0 aromatic heterocycles. The van der Waals surface area contributed by atoms with Gasteiger partial charge in [-0.2, -0.15) is 0 Å². The van der Waals surface area contributed by atoms with E-state index in [-0.39, 0.29) is 0 Å². The first-order valence-corrected chi connectivity index (χ1v) is 7.83. The van der Waals surface area contributed by atoms with E-state index in [1.807, 2.05) is 12.1 Å². The van der Waals surface area contributed by atoms with Gasteiger partial charge in [0.25, 0.3) is 0 Å². The van der Waals surface area contributed by atoms with Crippen molar-refractivity contribution in [3.05, 3.63) is 78.4 Å². The molecular weight excluding hydrogens is 280 g/mol. The maximum absolute atomic E-state index is 5.28. The van der Waals surface area contributed by atoms with Crippen LogP contribution in [0.2, 0.25) is 0 Å². The standard InChI is InChI=1S/C22H18O/c1-15-7-8-17-14-22(16-9-11-18(23-2)12-10-16)20-6-4-3-5-19(20)21(17)13-15/h3-14H,1-2H3. The Labute approximate surface area is 136 Å². The smallest absolute Gasteiger partial charge is 0.118 e. The van der Waals surface area contributed by atoms with Gasteiger partial charge in [-0.1, -0.05) is 60.2 Å². The van der Waals surface area contributed by atoms with Crippen molar-refractivity contribution in [1.82, 2.24) is 0 Å². The molecule has 0 aliphatic rings. The minimum absolute atomic E-state index is 0.884. The maximum Gasteiger partial charge on any atom is 0.118 e. The third-order valence-corrected chi connectivity index (χ3v) is 4.42. The van der Waals surface area contributed by atoms with Crippen molar-refractivity contribution in [2.24, 2.45) is 0 Å². The Bertz CT molecular complexity index is 997. The number of fused-ring (bicyclic) bond motifs is 3. The molecule has 4 aromatic rings. The first-order chi connectivity index (χ1) is 11.3. The molecule has 0 saturated carbocycles. The number of hydrogen-bond acceptors (Lipinski definition) is 1. The van der Waals surface area contributed by atoms with Crippen LogP contribution in [0.1, 0.15) is 5.56 Å². The zero-order valence-corrected chi connectivity index (χ0v) is 13.3. The number of rotatable bonds is 2. The molecule has 0 aliphatic heterocycles. The normalized spacial score (nSPS) is 11.0. The zero-order valence-electron chi connectivity index (χ0n) is 13.3. The van der Waals surface area contributed by atoms with Gasteiger partial charge < -0.3 is 4.74 Å². The first-order valence-electron chi connectivity index (χ1n) is 7.83. The van der Waals surface area contributed by atoms with Crippen molar-refractivity contribution in [1.29, 1.82) is 0 Å². The highest BCUT2D eigenvalue weighted by atomic mass is 16.5. The van der Waals surface area contributed by atoms with E-state index in [4.69, 9.17) is 4.74 Å². The van der Waals surface area contributed by atoms with Gasteiger partial charge in [-0.25, -0.2) is 0 Å². The SMILES string of the molecule is COc1ccc(-c2cc3ccc(C)cc3c3ccccc23)cc1. The first kappa shape index (κ1) is 13.8. The summed E-state index contributed by atoms with van der Waals surface area (Å²) in [5.41, 5.74) is 3.77. The Hall–Kier alpha value is -2.80. The van der Waals surface area contributed by atoms with Crippen LogP contribution >= 0.6 is 0 Å². The van der Waals surface area contributed by atoms with Crippen LogP contribution in [0.15, 0.2) is 72.8 Å². The van der Waals surface area contributed by atoms with Crippen LogP contribution in [0.3, 0.4) is 0 Å². The van der Waals surface area contributed by atoms with Crippen LogP contribution in [0, 0.1) is 6.92 Å². The summed E-state index contributed by atoms with van der Waals surface area (Å²) in [4.78, 5) is 0. The number of benzene rings is 4. The number of methoxy groups -OCH3 is 1. The highest BCUT2D eigenvalue weighted by molar-refractivity contribution is 6.13. The fourth-order valence-corrected chi connectivity index (χ4v) is 3.22. The second-order valence-electron chi connectivity index (χ2n) is 5.92. The molecule has 0 saturated heterocycles. The lowest BCUT2D eigenvalue weighted by Gasteiger charge is -2.12. The van der Waals surface area contributed by atoms with Crippen LogP contribution in [0.25, 0.3) is 32.7 Å². The summed E-state index contributed by atoms with van der Waals surface area (Å²) in [6.45, 7) is 2.14. The topological polar surface area (TPSA) is 9.23 Å². The maximum atomic E-state index is 5.28. The summed E-state index contributed by atoms with van der Waals surface area (Å²) in [5, 5.41) is 5.19. The molecule has 0 unspecified atom stereocenters. The van der Waals surface area contributed by atoms with Crippen molar-refractivity contribution in [3.8, 4) is 16.9 Å². The zero-order chi connectivity index (χ0) is 15.8.